The average Bonchev–Trinajstić information content (AvgIpc) is 3.09. The molecule has 1 spiro atoms. The van der Waals surface area contributed by atoms with Gasteiger partial charge < -0.3 is 19.1 Å². The smallest absolute Gasteiger partial charge is 0.254 e. The number of nitrogens with zero attached hydrogens (tertiary/aromatic N) is 1. The van der Waals surface area contributed by atoms with Crippen LogP contribution in [-0.4, -0.2) is 62.5 Å². The highest BCUT2D eigenvalue weighted by atomic mass is 19.1. The zero-order valence-corrected chi connectivity index (χ0v) is 15.7. The van der Waals surface area contributed by atoms with Gasteiger partial charge in [-0.25, -0.2) is 4.39 Å². The number of carbonyl (C=O) groups excluding carboxylic acids is 1. The van der Waals surface area contributed by atoms with Crippen LogP contribution >= 0.6 is 0 Å². The number of halogens is 1. The molecule has 148 valence electrons. The molecule has 1 amide bonds. The summed E-state index contributed by atoms with van der Waals surface area (Å²) in [6.45, 7) is 5.26. The Balaban J connectivity index is 1.23. The van der Waals surface area contributed by atoms with Gasteiger partial charge in [0, 0.05) is 38.6 Å². The molecule has 27 heavy (non-hydrogen) atoms. The van der Waals surface area contributed by atoms with Gasteiger partial charge >= 0.3 is 0 Å². The number of hydrogen-bond donors (Lipinski definition) is 0. The van der Waals surface area contributed by atoms with Gasteiger partial charge in [0.2, 0.25) is 0 Å². The van der Waals surface area contributed by atoms with E-state index in [9.17, 15) is 9.18 Å². The summed E-state index contributed by atoms with van der Waals surface area (Å²) in [5.41, 5.74) is 0.318. The lowest BCUT2D eigenvalue weighted by Gasteiger charge is -2.50. The predicted molar refractivity (Wildman–Crippen MR) is 98.1 cm³/mol. The van der Waals surface area contributed by atoms with Crippen molar-refractivity contribution >= 4 is 5.91 Å². The van der Waals surface area contributed by atoms with Crippen LogP contribution in [0.25, 0.3) is 0 Å². The molecule has 1 atom stereocenters. The Bertz CT molecular complexity index is 638. The van der Waals surface area contributed by atoms with Crippen LogP contribution in [0, 0.1) is 17.7 Å². The summed E-state index contributed by atoms with van der Waals surface area (Å²) < 4.78 is 30.4. The van der Waals surface area contributed by atoms with Crippen LogP contribution in [-0.2, 0) is 14.2 Å². The molecule has 5 nitrogen and oxygen atoms in total. The minimum absolute atomic E-state index is 0.0503. The Morgan fingerprint density at radius 2 is 1.89 bits per heavy atom. The van der Waals surface area contributed by atoms with Crippen molar-refractivity contribution in [2.24, 2.45) is 11.8 Å². The van der Waals surface area contributed by atoms with E-state index >= 15 is 0 Å². The number of rotatable bonds is 6. The molecular formula is C21H28FNO4. The van der Waals surface area contributed by atoms with Crippen LogP contribution in [0.15, 0.2) is 24.3 Å². The van der Waals surface area contributed by atoms with Crippen molar-refractivity contribution in [3.05, 3.63) is 35.6 Å². The zero-order valence-electron chi connectivity index (χ0n) is 15.7. The maximum absolute atomic E-state index is 13.0. The number of amides is 1. The Morgan fingerprint density at radius 1 is 1.15 bits per heavy atom. The molecule has 3 heterocycles. The third-order valence-electron chi connectivity index (χ3n) is 6.20. The Hall–Kier alpha value is -1.50. The maximum Gasteiger partial charge on any atom is 0.254 e. The van der Waals surface area contributed by atoms with Gasteiger partial charge in [-0.15, -0.1) is 0 Å². The second-order valence-corrected chi connectivity index (χ2v) is 7.99. The molecule has 3 aliphatic rings. The van der Waals surface area contributed by atoms with Gasteiger partial charge in [-0.2, -0.15) is 0 Å². The van der Waals surface area contributed by atoms with Gasteiger partial charge in [-0.05, 0) is 61.8 Å². The highest BCUT2D eigenvalue weighted by molar-refractivity contribution is 5.94. The fourth-order valence-corrected chi connectivity index (χ4v) is 4.45. The Labute approximate surface area is 159 Å². The Kier molecular flexibility index (Phi) is 5.76. The van der Waals surface area contributed by atoms with E-state index in [0.29, 0.717) is 30.5 Å². The molecule has 0 N–H and O–H groups in total. The SMILES string of the molecule is O=C(c1ccc(F)cc1)N1CC2(C1)OCC[C@H]2CCOCC1CCOCC1. The summed E-state index contributed by atoms with van der Waals surface area (Å²) in [6.07, 6.45) is 4.19. The van der Waals surface area contributed by atoms with Crippen molar-refractivity contribution in [3.63, 3.8) is 0 Å². The van der Waals surface area contributed by atoms with E-state index in [0.717, 1.165) is 58.7 Å². The number of hydrogen-bond acceptors (Lipinski definition) is 4. The van der Waals surface area contributed by atoms with Gasteiger partial charge in [0.25, 0.3) is 5.91 Å². The molecule has 3 fully saturated rings. The summed E-state index contributed by atoms with van der Waals surface area (Å²) in [5.74, 6) is 0.682. The number of likely N-dealkylation sites (tertiary alicyclic amines) is 1. The summed E-state index contributed by atoms with van der Waals surface area (Å²) in [7, 11) is 0. The van der Waals surface area contributed by atoms with Gasteiger partial charge in [-0.3, -0.25) is 4.79 Å². The molecule has 3 aliphatic heterocycles. The largest absolute Gasteiger partial charge is 0.381 e. The molecular weight excluding hydrogens is 349 g/mol. The molecule has 0 radical (unpaired) electrons. The Morgan fingerprint density at radius 3 is 2.63 bits per heavy atom. The van der Waals surface area contributed by atoms with Gasteiger partial charge in [0.15, 0.2) is 0 Å². The van der Waals surface area contributed by atoms with Crippen LogP contribution in [0.3, 0.4) is 0 Å². The van der Waals surface area contributed by atoms with Crippen LogP contribution in [0.5, 0.6) is 0 Å². The van der Waals surface area contributed by atoms with Crippen molar-refractivity contribution < 1.29 is 23.4 Å². The first-order valence-corrected chi connectivity index (χ1v) is 10.0. The summed E-state index contributed by atoms with van der Waals surface area (Å²) in [4.78, 5) is 14.3. The normalized spacial score (nSPS) is 24.9. The summed E-state index contributed by atoms with van der Waals surface area (Å²) in [6, 6.07) is 5.74. The molecule has 0 aliphatic carbocycles. The lowest BCUT2D eigenvalue weighted by atomic mass is 9.79. The zero-order chi connectivity index (χ0) is 18.7. The maximum atomic E-state index is 13.0. The number of benzene rings is 1. The van der Waals surface area contributed by atoms with Gasteiger partial charge in [-0.1, -0.05) is 0 Å². The molecule has 0 unspecified atom stereocenters. The molecule has 0 aromatic heterocycles. The minimum atomic E-state index is -0.327. The molecule has 3 saturated heterocycles. The number of carbonyl (C=O) groups is 1. The van der Waals surface area contributed by atoms with E-state index in [-0.39, 0.29) is 17.3 Å². The first-order chi connectivity index (χ1) is 13.2. The quantitative estimate of drug-likeness (QED) is 0.716. The second kappa shape index (κ2) is 8.25. The molecule has 1 aromatic carbocycles. The molecule has 4 rings (SSSR count). The topological polar surface area (TPSA) is 48.0 Å². The first-order valence-electron chi connectivity index (χ1n) is 10.0. The van der Waals surface area contributed by atoms with Crippen LogP contribution in [0.4, 0.5) is 4.39 Å². The third-order valence-corrected chi connectivity index (χ3v) is 6.20. The molecule has 6 heteroatoms. The van der Waals surface area contributed by atoms with E-state index in [2.05, 4.69) is 0 Å². The fourth-order valence-electron chi connectivity index (χ4n) is 4.45. The van der Waals surface area contributed by atoms with E-state index < -0.39 is 0 Å². The average molecular weight is 377 g/mol. The van der Waals surface area contributed by atoms with Crippen LogP contribution < -0.4 is 0 Å². The fraction of sp³-hybridized carbons (Fsp3) is 0.667. The lowest BCUT2D eigenvalue weighted by Crippen LogP contribution is -2.66. The van der Waals surface area contributed by atoms with E-state index in [1.54, 1.807) is 17.0 Å². The molecule has 1 aromatic rings. The van der Waals surface area contributed by atoms with Crippen LogP contribution in [0.2, 0.25) is 0 Å². The molecule has 0 bridgehead atoms. The summed E-state index contributed by atoms with van der Waals surface area (Å²) >= 11 is 0. The van der Waals surface area contributed by atoms with Crippen molar-refractivity contribution in [1.29, 1.82) is 0 Å². The van der Waals surface area contributed by atoms with Crippen molar-refractivity contribution in [3.8, 4) is 0 Å². The monoisotopic (exact) mass is 377 g/mol. The third kappa shape index (κ3) is 4.18. The van der Waals surface area contributed by atoms with E-state index in [1.807, 2.05) is 0 Å². The second-order valence-electron chi connectivity index (χ2n) is 7.99. The predicted octanol–water partition coefficient (Wildman–Crippen LogP) is 2.89. The molecule has 0 saturated carbocycles. The van der Waals surface area contributed by atoms with Crippen molar-refractivity contribution in [2.75, 3.05) is 46.1 Å². The van der Waals surface area contributed by atoms with E-state index in [1.165, 1.54) is 12.1 Å². The summed E-state index contributed by atoms with van der Waals surface area (Å²) in [5, 5.41) is 0. The van der Waals surface area contributed by atoms with Gasteiger partial charge in [0.1, 0.15) is 11.4 Å². The first kappa shape index (κ1) is 18.8. The van der Waals surface area contributed by atoms with Crippen molar-refractivity contribution in [2.45, 2.75) is 31.3 Å². The standard InChI is InChI=1S/C21H28FNO4/c22-19-3-1-17(2-4-19)20(24)23-14-21(15-23)18(8-12-27-21)7-11-26-13-16-5-9-25-10-6-16/h1-4,16,18H,5-15H2/t18-/m1/s1. The lowest BCUT2D eigenvalue weighted by molar-refractivity contribution is -0.121. The minimum Gasteiger partial charge on any atom is -0.381 e. The van der Waals surface area contributed by atoms with E-state index in [4.69, 9.17) is 14.2 Å². The highest BCUT2D eigenvalue weighted by Crippen LogP contribution is 2.42. The van der Waals surface area contributed by atoms with Crippen LogP contribution in [0.1, 0.15) is 36.0 Å². The van der Waals surface area contributed by atoms with Gasteiger partial charge in [0.05, 0.1) is 13.1 Å². The van der Waals surface area contributed by atoms with Crippen molar-refractivity contribution in [1.82, 2.24) is 4.90 Å². The highest BCUT2D eigenvalue weighted by Gasteiger charge is 2.54. The number of ether oxygens (including phenoxy) is 3.